The second kappa shape index (κ2) is 10.3. The lowest BCUT2D eigenvalue weighted by Gasteiger charge is -2.17. The molecule has 32 heavy (non-hydrogen) atoms. The monoisotopic (exact) mass is 458 g/mol. The molecule has 0 aromatic heterocycles. The van der Waals surface area contributed by atoms with Gasteiger partial charge in [0.05, 0.1) is 18.1 Å². The molecule has 1 saturated heterocycles. The van der Waals surface area contributed by atoms with E-state index in [9.17, 15) is 19.2 Å². The first-order chi connectivity index (χ1) is 15.3. The number of halogens is 1. The van der Waals surface area contributed by atoms with E-state index in [2.05, 4.69) is 5.32 Å². The summed E-state index contributed by atoms with van der Waals surface area (Å²) >= 11 is 6.03. The first-order valence-corrected chi connectivity index (χ1v) is 10.5. The third kappa shape index (κ3) is 5.45. The quantitative estimate of drug-likeness (QED) is 0.638. The molecule has 0 spiro atoms. The summed E-state index contributed by atoms with van der Waals surface area (Å²) in [5.41, 5.74) is 2.18. The van der Waals surface area contributed by atoms with Crippen LogP contribution in [0.15, 0.2) is 42.5 Å². The maximum atomic E-state index is 12.4. The Balaban J connectivity index is 1.54. The van der Waals surface area contributed by atoms with Gasteiger partial charge in [-0.25, -0.2) is 4.79 Å². The van der Waals surface area contributed by atoms with Crippen LogP contribution < -0.4 is 10.2 Å². The second-order valence-electron chi connectivity index (χ2n) is 7.24. The van der Waals surface area contributed by atoms with Gasteiger partial charge in [0.2, 0.25) is 5.91 Å². The predicted octanol–water partition coefficient (Wildman–Crippen LogP) is 3.36. The molecule has 0 unspecified atom stereocenters. The molecule has 8 nitrogen and oxygen atoms in total. The third-order valence-electron chi connectivity index (χ3n) is 5.04. The number of nitrogens with one attached hydrogen (secondary N) is 1. The Morgan fingerprint density at radius 2 is 1.84 bits per heavy atom. The highest BCUT2D eigenvalue weighted by atomic mass is 35.5. The lowest BCUT2D eigenvalue weighted by atomic mass is 10.1. The van der Waals surface area contributed by atoms with E-state index in [0.29, 0.717) is 27.5 Å². The van der Waals surface area contributed by atoms with Crippen LogP contribution in [0.2, 0.25) is 5.02 Å². The Morgan fingerprint density at radius 3 is 2.53 bits per heavy atom. The van der Waals surface area contributed by atoms with Crippen LogP contribution in [0.25, 0.3) is 0 Å². The molecule has 0 radical (unpaired) electrons. The molecular formula is C23H23ClN2O6. The van der Waals surface area contributed by atoms with Crippen molar-refractivity contribution < 1.29 is 28.7 Å². The zero-order valence-corrected chi connectivity index (χ0v) is 18.5. The number of amides is 2. The van der Waals surface area contributed by atoms with Crippen molar-refractivity contribution in [2.24, 2.45) is 5.92 Å². The van der Waals surface area contributed by atoms with Gasteiger partial charge in [-0.1, -0.05) is 17.7 Å². The summed E-state index contributed by atoms with van der Waals surface area (Å²) in [6.45, 7) is 3.42. The van der Waals surface area contributed by atoms with Crippen molar-refractivity contribution in [1.82, 2.24) is 0 Å². The summed E-state index contributed by atoms with van der Waals surface area (Å²) in [7, 11) is 0. The summed E-state index contributed by atoms with van der Waals surface area (Å²) in [5.74, 6) is -2.50. The largest absolute Gasteiger partial charge is 0.462 e. The Morgan fingerprint density at radius 1 is 1.12 bits per heavy atom. The molecule has 0 saturated carbocycles. The van der Waals surface area contributed by atoms with Gasteiger partial charge in [0, 0.05) is 29.4 Å². The maximum absolute atomic E-state index is 12.4. The number of ether oxygens (including phenoxy) is 2. The van der Waals surface area contributed by atoms with Crippen LogP contribution in [-0.4, -0.2) is 43.5 Å². The van der Waals surface area contributed by atoms with Crippen LogP contribution in [0.5, 0.6) is 0 Å². The number of esters is 2. The SMILES string of the molecule is CCOC(=O)c1ccc(N2C[C@@H](C(=O)OCC(=O)Nc3cccc(Cl)c3C)CC2=O)cc1. The molecule has 1 heterocycles. The molecule has 9 heteroatoms. The fraction of sp³-hybridized carbons (Fsp3) is 0.304. The molecule has 1 atom stereocenters. The summed E-state index contributed by atoms with van der Waals surface area (Å²) in [6.07, 6.45) is -0.0204. The fourth-order valence-corrected chi connectivity index (χ4v) is 3.47. The number of anilines is 2. The van der Waals surface area contributed by atoms with Crippen LogP contribution >= 0.6 is 11.6 Å². The van der Waals surface area contributed by atoms with Crippen LogP contribution in [0.3, 0.4) is 0 Å². The average molecular weight is 459 g/mol. The molecule has 0 bridgehead atoms. The minimum atomic E-state index is -0.687. The van der Waals surface area contributed by atoms with Crippen LogP contribution in [0, 0.1) is 12.8 Å². The van der Waals surface area contributed by atoms with Gasteiger partial charge in [-0.2, -0.15) is 0 Å². The number of benzene rings is 2. The zero-order chi connectivity index (χ0) is 23.3. The van der Waals surface area contributed by atoms with Gasteiger partial charge >= 0.3 is 11.9 Å². The van der Waals surface area contributed by atoms with Crippen molar-refractivity contribution in [2.45, 2.75) is 20.3 Å². The van der Waals surface area contributed by atoms with E-state index in [-0.39, 0.29) is 25.5 Å². The van der Waals surface area contributed by atoms with Gasteiger partial charge in [0.15, 0.2) is 6.61 Å². The van der Waals surface area contributed by atoms with Crippen molar-refractivity contribution in [3.8, 4) is 0 Å². The Hall–Kier alpha value is -3.39. The van der Waals surface area contributed by atoms with Crippen LogP contribution in [0.1, 0.15) is 29.3 Å². The lowest BCUT2D eigenvalue weighted by molar-refractivity contribution is -0.151. The fourth-order valence-electron chi connectivity index (χ4n) is 3.29. The smallest absolute Gasteiger partial charge is 0.338 e. The number of carbonyl (C=O) groups excluding carboxylic acids is 4. The van der Waals surface area contributed by atoms with E-state index in [1.54, 1.807) is 56.3 Å². The molecule has 0 aliphatic carbocycles. The highest BCUT2D eigenvalue weighted by Gasteiger charge is 2.36. The zero-order valence-electron chi connectivity index (χ0n) is 17.7. The molecular weight excluding hydrogens is 436 g/mol. The molecule has 3 rings (SSSR count). The number of rotatable bonds is 7. The van der Waals surface area contributed by atoms with E-state index >= 15 is 0 Å². The Labute approximate surface area is 190 Å². The van der Waals surface area contributed by atoms with E-state index in [1.165, 1.54) is 4.90 Å². The minimum Gasteiger partial charge on any atom is -0.462 e. The van der Waals surface area contributed by atoms with Crippen molar-refractivity contribution in [3.05, 3.63) is 58.6 Å². The van der Waals surface area contributed by atoms with Gasteiger partial charge in [-0.05, 0) is 55.8 Å². The van der Waals surface area contributed by atoms with Crippen molar-refractivity contribution in [3.63, 3.8) is 0 Å². The standard InChI is InChI=1S/C23H23ClN2O6/c1-3-31-22(29)15-7-9-17(10-8-15)26-12-16(11-21(26)28)23(30)32-13-20(27)25-19-6-4-5-18(24)14(19)2/h4-10,16H,3,11-13H2,1-2H3,(H,25,27)/t16-/m0/s1. The summed E-state index contributed by atoms with van der Waals surface area (Å²) in [5, 5.41) is 3.16. The molecule has 2 aromatic carbocycles. The van der Waals surface area contributed by atoms with Gasteiger partial charge < -0.3 is 19.7 Å². The Kier molecular flexibility index (Phi) is 7.48. The molecule has 1 aliphatic rings. The van der Waals surface area contributed by atoms with Gasteiger partial charge in [-0.15, -0.1) is 0 Å². The molecule has 1 N–H and O–H groups in total. The third-order valence-corrected chi connectivity index (χ3v) is 5.45. The van der Waals surface area contributed by atoms with Crippen LogP contribution in [0.4, 0.5) is 11.4 Å². The van der Waals surface area contributed by atoms with Gasteiger partial charge in [0.1, 0.15) is 0 Å². The van der Waals surface area contributed by atoms with Gasteiger partial charge in [0.25, 0.3) is 5.91 Å². The molecule has 2 aromatic rings. The minimum absolute atomic E-state index is 0.0204. The maximum Gasteiger partial charge on any atom is 0.338 e. The first-order valence-electron chi connectivity index (χ1n) is 10.1. The highest BCUT2D eigenvalue weighted by molar-refractivity contribution is 6.31. The van der Waals surface area contributed by atoms with Crippen molar-refractivity contribution >= 4 is 46.7 Å². The number of hydrogen-bond donors (Lipinski definition) is 1. The van der Waals surface area contributed by atoms with Crippen LogP contribution in [-0.2, 0) is 23.9 Å². The lowest BCUT2D eigenvalue weighted by Crippen LogP contribution is -2.28. The highest BCUT2D eigenvalue weighted by Crippen LogP contribution is 2.27. The summed E-state index contributed by atoms with van der Waals surface area (Å²) in [6, 6.07) is 11.5. The van der Waals surface area contributed by atoms with E-state index in [0.717, 1.165) is 0 Å². The predicted molar refractivity (Wildman–Crippen MR) is 119 cm³/mol. The van der Waals surface area contributed by atoms with E-state index in [4.69, 9.17) is 21.1 Å². The molecule has 2 amide bonds. The second-order valence-corrected chi connectivity index (χ2v) is 7.65. The molecule has 1 fully saturated rings. The van der Waals surface area contributed by atoms with E-state index in [1.807, 2.05) is 0 Å². The number of carbonyl (C=O) groups is 4. The Bertz CT molecular complexity index is 1040. The first kappa shape index (κ1) is 23.3. The molecule has 1 aliphatic heterocycles. The summed E-state index contributed by atoms with van der Waals surface area (Å²) in [4.78, 5) is 50.1. The topological polar surface area (TPSA) is 102 Å². The van der Waals surface area contributed by atoms with E-state index < -0.39 is 30.4 Å². The van der Waals surface area contributed by atoms with Crippen molar-refractivity contribution in [1.29, 1.82) is 0 Å². The van der Waals surface area contributed by atoms with Gasteiger partial charge in [-0.3, -0.25) is 14.4 Å². The number of hydrogen-bond acceptors (Lipinski definition) is 6. The number of nitrogens with zero attached hydrogens (tertiary/aromatic N) is 1. The summed E-state index contributed by atoms with van der Waals surface area (Å²) < 4.78 is 10.1. The molecule has 168 valence electrons. The average Bonchev–Trinajstić information content (AvgIpc) is 3.17. The normalized spacial score (nSPS) is 15.4. The van der Waals surface area contributed by atoms with Crippen molar-refractivity contribution in [2.75, 3.05) is 30.0 Å².